The van der Waals surface area contributed by atoms with E-state index in [9.17, 15) is 0 Å². The van der Waals surface area contributed by atoms with Gasteiger partial charge in [0.05, 0.1) is 9.41 Å². The standard InChI is InChI=1S/C9H14IN5/c1-6(3-8(11)12)15(2)9-7(10)4-13-5-14-9/h4-6H,3H2,1-2H3,(H3,11,12). The third-order valence-corrected chi connectivity index (χ3v) is 2.92. The molecule has 0 fully saturated rings. The molecule has 1 unspecified atom stereocenters. The summed E-state index contributed by atoms with van der Waals surface area (Å²) in [5, 5.41) is 7.25. The summed E-state index contributed by atoms with van der Waals surface area (Å²) in [6.45, 7) is 2.01. The first kappa shape index (κ1) is 12.2. The molecule has 15 heavy (non-hydrogen) atoms. The average molecular weight is 319 g/mol. The van der Waals surface area contributed by atoms with Crippen LogP contribution < -0.4 is 10.6 Å². The summed E-state index contributed by atoms with van der Waals surface area (Å²) in [4.78, 5) is 10.1. The van der Waals surface area contributed by atoms with E-state index >= 15 is 0 Å². The van der Waals surface area contributed by atoms with Crippen LogP contribution in [0, 0.1) is 8.98 Å². The Morgan fingerprint density at radius 3 is 2.93 bits per heavy atom. The predicted octanol–water partition coefficient (Wildman–Crippen LogP) is 1.23. The van der Waals surface area contributed by atoms with Gasteiger partial charge in [-0.15, -0.1) is 0 Å². The summed E-state index contributed by atoms with van der Waals surface area (Å²) < 4.78 is 0.994. The lowest BCUT2D eigenvalue weighted by Crippen LogP contribution is -2.33. The Morgan fingerprint density at radius 1 is 1.73 bits per heavy atom. The number of halogens is 1. The van der Waals surface area contributed by atoms with Crippen molar-refractivity contribution in [2.45, 2.75) is 19.4 Å². The fraction of sp³-hybridized carbons (Fsp3) is 0.444. The quantitative estimate of drug-likeness (QED) is 0.497. The zero-order chi connectivity index (χ0) is 11.4. The number of rotatable bonds is 4. The van der Waals surface area contributed by atoms with E-state index in [1.54, 1.807) is 6.20 Å². The van der Waals surface area contributed by atoms with Crippen molar-refractivity contribution in [1.29, 1.82) is 5.41 Å². The zero-order valence-corrected chi connectivity index (χ0v) is 10.9. The second kappa shape index (κ2) is 5.24. The van der Waals surface area contributed by atoms with Crippen molar-refractivity contribution in [1.82, 2.24) is 9.97 Å². The highest BCUT2D eigenvalue weighted by molar-refractivity contribution is 14.1. The van der Waals surface area contributed by atoms with Gasteiger partial charge in [0, 0.05) is 25.7 Å². The lowest BCUT2D eigenvalue weighted by molar-refractivity contribution is 0.697. The molecule has 0 aromatic carbocycles. The first-order valence-electron chi connectivity index (χ1n) is 4.53. The topological polar surface area (TPSA) is 78.9 Å². The van der Waals surface area contributed by atoms with E-state index in [2.05, 4.69) is 32.6 Å². The molecule has 0 radical (unpaired) electrons. The Bertz CT molecular complexity index is 354. The highest BCUT2D eigenvalue weighted by atomic mass is 127. The molecule has 0 aliphatic carbocycles. The van der Waals surface area contributed by atoms with Gasteiger partial charge in [-0.3, -0.25) is 5.41 Å². The molecule has 82 valence electrons. The Hall–Kier alpha value is -0.920. The van der Waals surface area contributed by atoms with Gasteiger partial charge in [-0.2, -0.15) is 0 Å². The van der Waals surface area contributed by atoms with Crippen LogP contribution >= 0.6 is 22.6 Å². The van der Waals surface area contributed by atoms with Gasteiger partial charge in [0.25, 0.3) is 0 Å². The molecule has 1 heterocycles. The molecule has 1 rings (SSSR count). The lowest BCUT2D eigenvalue weighted by Gasteiger charge is -2.26. The molecule has 6 heteroatoms. The Labute approximate surface area is 103 Å². The minimum atomic E-state index is 0.158. The average Bonchev–Trinajstić information content (AvgIpc) is 2.16. The fourth-order valence-corrected chi connectivity index (χ4v) is 1.91. The largest absolute Gasteiger partial charge is 0.388 e. The number of nitrogens with zero attached hydrogens (tertiary/aromatic N) is 3. The zero-order valence-electron chi connectivity index (χ0n) is 8.74. The van der Waals surface area contributed by atoms with Crippen molar-refractivity contribution in [3.8, 4) is 0 Å². The fourth-order valence-electron chi connectivity index (χ4n) is 1.23. The molecule has 0 amide bonds. The van der Waals surface area contributed by atoms with Crippen LogP contribution in [0.2, 0.25) is 0 Å². The second-order valence-corrected chi connectivity index (χ2v) is 4.55. The van der Waals surface area contributed by atoms with Crippen molar-refractivity contribution < 1.29 is 0 Å². The summed E-state index contributed by atoms with van der Waals surface area (Å²) >= 11 is 2.19. The van der Waals surface area contributed by atoms with Gasteiger partial charge < -0.3 is 10.6 Å². The predicted molar refractivity (Wildman–Crippen MR) is 69.1 cm³/mol. The van der Waals surface area contributed by atoms with Crippen molar-refractivity contribution in [2.24, 2.45) is 5.73 Å². The highest BCUT2D eigenvalue weighted by Gasteiger charge is 2.14. The number of hydrogen-bond donors (Lipinski definition) is 2. The first-order valence-corrected chi connectivity index (χ1v) is 5.61. The normalized spacial score (nSPS) is 12.2. The minimum Gasteiger partial charge on any atom is -0.388 e. The third-order valence-electron chi connectivity index (χ3n) is 2.16. The van der Waals surface area contributed by atoms with E-state index < -0.39 is 0 Å². The van der Waals surface area contributed by atoms with E-state index in [0.29, 0.717) is 6.42 Å². The number of aromatic nitrogens is 2. The number of amidine groups is 1. The van der Waals surface area contributed by atoms with Crippen molar-refractivity contribution in [2.75, 3.05) is 11.9 Å². The Balaban J connectivity index is 2.80. The summed E-state index contributed by atoms with van der Waals surface area (Å²) in [6, 6.07) is 0.158. The van der Waals surface area contributed by atoms with Crippen LogP contribution in [0.5, 0.6) is 0 Å². The lowest BCUT2D eigenvalue weighted by atomic mass is 10.2. The van der Waals surface area contributed by atoms with E-state index in [1.165, 1.54) is 6.33 Å². The van der Waals surface area contributed by atoms with Gasteiger partial charge in [-0.25, -0.2) is 9.97 Å². The number of anilines is 1. The molecule has 0 bridgehead atoms. The van der Waals surface area contributed by atoms with Crippen LogP contribution in [0.25, 0.3) is 0 Å². The maximum atomic E-state index is 7.25. The molecule has 1 aromatic heterocycles. The van der Waals surface area contributed by atoms with Crippen LogP contribution in [0.15, 0.2) is 12.5 Å². The SMILES string of the molecule is CC(CC(=N)N)N(C)c1ncncc1I. The van der Waals surface area contributed by atoms with E-state index in [-0.39, 0.29) is 11.9 Å². The molecule has 0 aliphatic heterocycles. The highest BCUT2D eigenvalue weighted by Crippen LogP contribution is 2.19. The van der Waals surface area contributed by atoms with Crippen molar-refractivity contribution in [3.05, 3.63) is 16.1 Å². The monoisotopic (exact) mass is 319 g/mol. The van der Waals surface area contributed by atoms with Crippen LogP contribution in [0.4, 0.5) is 5.82 Å². The van der Waals surface area contributed by atoms with Gasteiger partial charge in [0.2, 0.25) is 0 Å². The van der Waals surface area contributed by atoms with Gasteiger partial charge in [0.1, 0.15) is 12.1 Å². The summed E-state index contributed by atoms with van der Waals surface area (Å²) in [7, 11) is 1.94. The van der Waals surface area contributed by atoms with Crippen LogP contribution in [-0.2, 0) is 0 Å². The molecule has 3 N–H and O–H groups in total. The summed E-state index contributed by atoms with van der Waals surface area (Å²) in [5.41, 5.74) is 5.37. The third kappa shape index (κ3) is 3.29. The molecule has 0 aliphatic rings. The minimum absolute atomic E-state index is 0.158. The van der Waals surface area contributed by atoms with Gasteiger partial charge >= 0.3 is 0 Å². The molecule has 0 saturated carbocycles. The first-order chi connectivity index (χ1) is 7.02. The molecular weight excluding hydrogens is 305 g/mol. The summed E-state index contributed by atoms with van der Waals surface area (Å²) in [5.74, 6) is 1.07. The molecule has 5 nitrogen and oxygen atoms in total. The smallest absolute Gasteiger partial charge is 0.145 e. The maximum Gasteiger partial charge on any atom is 0.145 e. The molecular formula is C9H14IN5. The van der Waals surface area contributed by atoms with Crippen molar-refractivity contribution >= 4 is 34.2 Å². The van der Waals surface area contributed by atoms with E-state index in [0.717, 1.165) is 9.39 Å². The Morgan fingerprint density at radius 2 is 2.40 bits per heavy atom. The van der Waals surface area contributed by atoms with Crippen LogP contribution in [-0.4, -0.2) is 28.9 Å². The summed E-state index contributed by atoms with van der Waals surface area (Å²) in [6.07, 6.45) is 3.82. The van der Waals surface area contributed by atoms with E-state index in [1.807, 2.05) is 18.9 Å². The molecule has 0 spiro atoms. The van der Waals surface area contributed by atoms with Gasteiger partial charge in [-0.05, 0) is 29.5 Å². The maximum absolute atomic E-state index is 7.25. The van der Waals surface area contributed by atoms with Crippen LogP contribution in [0.1, 0.15) is 13.3 Å². The van der Waals surface area contributed by atoms with E-state index in [4.69, 9.17) is 11.1 Å². The van der Waals surface area contributed by atoms with Crippen molar-refractivity contribution in [3.63, 3.8) is 0 Å². The molecule has 1 atom stereocenters. The van der Waals surface area contributed by atoms with Gasteiger partial charge in [0.15, 0.2) is 0 Å². The number of hydrogen-bond acceptors (Lipinski definition) is 4. The number of nitrogens with one attached hydrogen (secondary N) is 1. The Kier molecular flexibility index (Phi) is 4.25. The second-order valence-electron chi connectivity index (χ2n) is 3.38. The molecule has 1 aromatic rings. The molecule has 0 saturated heterocycles. The van der Waals surface area contributed by atoms with Gasteiger partial charge in [-0.1, -0.05) is 0 Å². The van der Waals surface area contributed by atoms with Crippen LogP contribution in [0.3, 0.4) is 0 Å². The number of nitrogens with two attached hydrogens (primary N) is 1.